The van der Waals surface area contributed by atoms with E-state index in [4.69, 9.17) is 0 Å². The number of hydrogen-bond donors (Lipinski definition) is 1. The van der Waals surface area contributed by atoms with Crippen LogP contribution in [-0.4, -0.2) is 17.9 Å². The highest BCUT2D eigenvalue weighted by atomic mass is 19.1. The van der Waals surface area contributed by atoms with Crippen molar-refractivity contribution in [3.8, 4) is 0 Å². The van der Waals surface area contributed by atoms with Crippen molar-refractivity contribution in [2.75, 3.05) is 7.05 Å². The Morgan fingerprint density at radius 1 is 1.73 bits per heavy atom. The molecular formula is C7H6FN2O. The fourth-order valence-electron chi connectivity index (χ4n) is 0.621. The Morgan fingerprint density at radius 2 is 2.45 bits per heavy atom. The van der Waals surface area contributed by atoms with Crippen LogP contribution >= 0.6 is 0 Å². The van der Waals surface area contributed by atoms with Gasteiger partial charge in [-0.2, -0.15) is 0 Å². The van der Waals surface area contributed by atoms with Crippen molar-refractivity contribution in [3.63, 3.8) is 0 Å². The third kappa shape index (κ3) is 1.73. The van der Waals surface area contributed by atoms with Gasteiger partial charge >= 0.3 is 0 Å². The predicted octanol–water partition coefficient (Wildman–Crippen LogP) is 0.380. The normalized spacial score (nSPS) is 9.27. The van der Waals surface area contributed by atoms with Gasteiger partial charge in [-0.1, -0.05) is 0 Å². The fraction of sp³-hybridized carbons (Fsp3) is 0.143. The van der Waals surface area contributed by atoms with E-state index in [0.717, 1.165) is 6.20 Å². The molecule has 0 unspecified atom stereocenters. The Kier molecular flexibility index (Phi) is 2.15. The van der Waals surface area contributed by atoms with Crippen LogP contribution in [0.25, 0.3) is 0 Å². The Balaban J connectivity index is 2.96. The molecule has 1 rings (SSSR count). The Hall–Kier alpha value is -1.45. The van der Waals surface area contributed by atoms with Gasteiger partial charge in [-0.05, 0) is 0 Å². The first-order valence-electron chi connectivity index (χ1n) is 2.99. The van der Waals surface area contributed by atoms with E-state index < -0.39 is 11.7 Å². The van der Waals surface area contributed by atoms with E-state index in [1.165, 1.54) is 13.2 Å². The van der Waals surface area contributed by atoms with Crippen LogP contribution in [0.3, 0.4) is 0 Å². The maximum atomic E-state index is 12.4. The summed E-state index contributed by atoms with van der Waals surface area (Å²) in [6, 6.07) is 2.22. The van der Waals surface area contributed by atoms with Crippen molar-refractivity contribution in [3.05, 3.63) is 29.8 Å². The van der Waals surface area contributed by atoms with Gasteiger partial charge in [0.2, 0.25) is 0 Å². The standard InChI is InChI=1S/C7H6FN2O/c1-9-7(11)5-2-6(8)4-10-3-5/h3-4H,1H3,(H,9,11). The fourth-order valence-corrected chi connectivity index (χ4v) is 0.621. The zero-order valence-electron chi connectivity index (χ0n) is 5.89. The van der Waals surface area contributed by atoms with Crippen LogP contribution in [0.4, 0.5) is 4.39 Å². The van der Waals surface area contributed by atoms with Gasteiger partial charge in [0.25, 0.3) is 5.91 Å². The minimum atomic E-state index is -0.633. The lowest BCUT2D eigenvalue weighted by atomic mass is 10.3. The van der Waals surface area contributed by atoms with E-state index in [-0.39, 0.29) is 5.56 Å². The van der Waals surface area contributed by atoms with Gasteiger partial charge in [0.05, 0.1) is 11.8 Å². The van der Waals surface area contributed by atoms with Gasteiger partial charge < -0.3 is 5.32 Å². The average molecular weight is 153 g/mol. The minimum absolute atomic E-state index is 0.104. The van der Waals surface area contributed by atoms with E-state index in [9.17, 15) is 9.18 Å². The molecule has 0 fully saturated rings. The molecule has 0 atom stereocenters. The Labute approximate surface area is 63.3 Å². The smallest absolute Gasteiger partial charge is 0.253 e. The summed E-state index contributed by atoms with van der Waals surface area (Å²) < 4.78 is 12.4. The summed E-state index contributed by atoms with van der Waals surface area (Å²) in [6.45, 7) is 0. The molecule has 0 saturated carbocycles. The van der Waals surface area contributed by atoms with E-state index in [2.05, 4.69) is 16.4 Å². The van der Waals surface area contributed by atoms with Gasteiger partial charge in [0, 0.05) is 19.3 Å². The first-order chi connectivity index (χ1) is 5.24. The van der Waals surface area contributed by atoms with E-state index in [1.807, 2.05) is 0 Å². The zero-order chi connectivity index (χ0) is 8.27. The molecule has 1 amide bonds. The van der Waals surface area contributed by atoms with Crippen molar-refractivity contribution >= 4 is 5.91 Å². The molecule has 0 saturated heterocycles. The van der Waals surface area contributed by atoms with Crippen LogP contribution in [0.15, 0.2) is 12.4 Å². The lowest BCUT2D eigenvalue weighted by Gasteiger charge is -1.96. The molecule has 1 radical (unpaired) electrons. The molecule has 0 bridgehead atoms. The van der Waals surface area contributed by atoms with Crippen LogP contribution < -0.4 is 5.32 Å². The summed E-state index contributed by atoms with van der Waals surface area (Å²) in [7, 11) is 1.46. The summed E-state index contributed by atoms with van der Waals surface area (Å²) in [5.74, 6) is -1.02. The highest BCUT2D eigenvalue weighted by Crippen LogP contribution is 1.98. The SMILES string of the molecule is CNC(=O)c1[c]c(F)cnc1. The van der Waals surface area contributed by atoms with Gasteiger partial charge in [-0.15, -0.1) is 0 Å². The van der Waals surface area contributed by atoms with Gasteiger partial charge in [0.1, 0.15) is 5.82 Å². The molecule has 4 heteroatoms. The quantitative estimate of drug-likeness (QED) is 0.633. The molecule has 0 aromatic carbocycles. The number of pyridine rings is 1. The van der Waals surface area contributed by atoms with Gasteiger partial charge in [0.15, 0.2) is 0 Å². The van der Waals surface area contributed by atoms with Crippen LogP contribution in [0.2, 0.25) is 0 Å². The first-order valence-corrected chi connectivity index (χ1v) is 2.99. The molecular weight excluding hydrogens is 147 g/mol. The van der Waals surface area contributed by atoms with Crippen molar-refractivity contribution < 1.29 is 9.18 Å². The summed E-state index contributed by atoms with van der Waals surface area (Å²) in [5, 5.41) is 2.33. The number of aromatic nitrogens is 1. The second-order valence-corrected chi connectivity index (χ2v) is 1.87. The third-order valence-corrected chi connectivity index (χ3v) is 1.12. The second kappa shape index (κ2) is 3.09. The van der Waals surface area contributed by atoms with Crippen molar-refractivity contribution in [2.24, 2.45) is 0 Å². The number of nitrogens with one attached hydrogen (secondary N) is 1. The van der Waals surface area contributed by atoms with E-state index in [1.54, 1.807) is 0 Å². The van der Waals surface area contributed by atoms with Crippen molar-refractivity contribution in [1.82, 2.24) is 10.3 Å². The molecule has 1 aromatic rings. The lowest BCUT2D eigenvalue weighted by Crippen LogP contribution is -2.18. The Morgan fingerprint density at radius 3 is 3.00 bits per heavy atom. The predicted molar refractivity (Wildman–Crippen MR) is 36.4 cm³/mol. The number of carbonyl (C=O) groups is 1. The summed E-state index contributed by atoms with van der Waals surface area (Å²) >= 11 is 0. The number of hydrogen-bond acceptors (Lipinski definition) is 2. The molecule has 1 heterocycles. The molecule has 0 aliphatic carbocycles. The van der Waals surface area contributed by atoms with E-state index >= 15 is 0 Å². The summed E-state index contributed by atoms with van der Waals surface area (Å²) in [4.78, 5) is 14.3. The largest absolute Gasteiger partial charge is 0.355 e. The maximum Gasteiger partial charge on any atom is 0.253 e. The first kappa shape index (κ1) is 7.65. The topological polar surface area (TPSA) is 42.0 Å². The highest BCUT2D eigenvalue weighted by molar-refractivity contribution is 5.93. The monoisotopic (exact) mass is 153 g/mol. The number of halogens is 1. The van der Waals surface area contributed by atoms with Gasteiger partial charge in [-0.25, -0.2) is 4.39 Å². The van der Waals surface area contributed by atoms with Crippen LogP contribution in [0, 0.1) is 11.9 Å². The average Bonchev–Trinajstić information content (AvgIpc) is 2.03. The van der Waals surface area contributed by atoms with E-state index in [0.29, 0.717) is 0 Å². The van der Waals surface area contributed by atoms with Crippen molar-refractivity contribution in [1.29, 1.82) is 0 Å². The molecule has 1 N–H and O–H groups in total. The third-order valence-electron chi connectivity index (χ3n) is 1.12. The minimum Gasteiger partial charge on any atom is -0.355 e. The summed E-state index contributed by atoms with van der Waals surface area (Å²) in [5.41, 5.74) is 0.104. The molecule has 1 aromatic heterocycles. The van der Waals surface area contributed by atoms with Crippen LogP contribution in [-0.2, 0) is 0 Å². The summed E-state index contributed by atoms with van der Waals surface area (Å²) in [6.07, 6.45) is 2.24. The number of rotatable bonds is 1. The number of amides is 1. The second-order valence-electron chi connectivity index (χ2n) is 1.87. The molecule has 57 valence electrons. The molecule has 0 aliphatic heterocycles. The van der Waals surface area contributed by atoms with Crippen LogP contribution in [0.1, 0.15) is 10.4 Å². The molecule has 0 aliphatic rings. The zero-order valence-corrected chi connectivity index (χ0v) is 5.89. The number of carbonyl (C=O) groups excluding carboxylic acids is 1. The lowest BCUT2D eigenvalue weighted by molar-refractivity contribution is 0.0962. The molecule has 11 heavy (non-hydrogen) atoms. The van der Waals surface area contributed by atoms with Crippen LogP contribution in [0.5, 0.6) is 0 Å². The van der Waals surface area contributed by atoms with Crippen molar-refractivity contribution in [2.45, 2.75) is 0 Å². The Bertz CT molecular complexity index is 275. The highest BCUT2D eigenvalue weighted by Gasteiger charge is 2.03. The molecule has 3 nitrogen and oxygen atoms in total. The van der Waals surface area contributed by atoms with Gasteiger partial charge in [-0.3, -0.25) is 9.78 Å². The molecule has 0 spiro atoms. The maximum absolute atomic E-state index is 12.4. The number of nitrogens with zero attached hydrogens (tertiary/aromatic N) is 1.